The molecule has 0 aromatic heterocycles. The molecule has 0 spiro atoms. The summed E-state index contributed by atoms with van der Waals surface area (Å²) in [5, 5.41) is 3.63. The van der Waals surface area contributed by atoms with Crippen LogP contribution in [-0.2, 0) is 9.53 Å². The molecular formula is C16H30N2O2. The second-order valence-corrected chi connectivity index (χ2v) is 6.54. The molecule has 4 heteroatoms. The van der Waals surface area contributed by atoms with Gasteiger partial charge >= 0.3 is 0 Å². The molecule has 1 amide bonds. The van der Waals surface area contributed by atoms with Crippen LogP contribution in [-0.4, -0.2) is 41.8 Å². The first-order valence-corrected chi connectivity index (χ1v) is 8.22. The molecular weight excluding hydrogens is 252 g/mol. The van der Waals surface area contributed by atoms with Gasteiger partial charge in [0, 0.05) is 13.2 Å². The van der Waals surface area contributed by atoms with Crippen molar-refractivity contribution in [2.75, 3.05) is 13.2 Å². The Morgan fingerprint density at radius 2 is 2.05 bits per heavy atom. The van der Waals surface area contributed by atoms with Crippen LogP contribution in [0.25, 0.3) is 0 Å². The number of amides is 1. The van der Waals surface area contributed by atoms with E-state index in [-0.39, 0.29) is 23.7 Å². The van der Waals surface area contributed by atoms with Crippen molar-refractivity contribution in [1.29, 1.82) is 0 Å². The summed E-state index contributed by atoms with van der Waals surface area (Å²) in [5.41, 5.74) is -0.390. The minimum atomic E-state index is -0.390. The van der Waals surface area contributed by atoms with Crippen LogP contribution in [0.3, 0.4) is 0 Å². The molecule has 1 aliphatic heterocycles. The summed E-state index contributed by atoms with van der Waals surface area (Å²) in [6.45, 7) is 9.61. The van der Waals surface area contributed by atoms with Gasteiger partial charge in [0.05, 0.1) is 17.8 Å². The zero-order valence-electron chi connectivity index (χ0n) is 13.4. The second-order valence-electron chi connectivity index (χ2n) is 6.54. The number of hydrogen-bond acceptors (Lipinski definition) is 3. The molecule has 2 rings (SSSR count). The molecule has 2 aliphatic rings. The monoisotopic (exact) mass is 282 g/mol. The zero-order chi connectivity index (χ0) is 14.8. The lowest BCUT2D eigenvalue weighted by molar-refractivity contribution is -0.135. The Kier molecular flexibility index (Phi) is 5.08. The third-order valence-electron chi connectivity index (χ3n) is 4.99. The van der Waals surface area contributed by atoms with Crippen molar-refractivity contribution in [2.45, 2.75) is 77.6 Å². The van der Waals surface area contributed by atoms with Gasteiger partial charge in [-0.05, 0) is 46.0 Å². The van der Waals surface area contributed by atoms with Gasteiger partial charge < -0.3 is 9.64 Å². The van der Waals surface area contributed by atoms with E-state index >= 15 is 0 Å². The molecule has 1 aliphatic carbocycles. The van der Waals surface area contributed by atoms with Crippen LogP contribution < -0.4 is 5.32 Å². The molecule has 116 valence electrons. The Bertz CT molecular complexity index is 341. The maximum atomic E-state index is 12.8. The van der Waals surface area contributed by atoms with E-state index in [1.54, 1.807) is 0 Å². The Labute approximate surface area is 123 Å². The number of nitrogens with one attached hydrogen (secondary N) is 1. The van der Waals surface area contributed by atoms with E-state index in [0.717, 1.165) is 6.42 Å². The van der Waals surface area contributed by atoms with Crippen molar-refractivity contribution in [3.8, 4) is 0 Å². The van der Waals surface area contributed by atoms with Crippen LogP contribution in [0.5, 0.6) is 0 Å². The van der Waals surface area contributed by atoms with E-state index < -0.39 is 0 Å². The first kappa shape index (κ1) is 15.8. The molecule has 0 aromatic rings. The van der Waals surface area contributed by atoms with Crippen molar-refractivity contribution in [3.05, 3.63) is 0 Å². The van der Waals surface area contributed by atoms with E-state index in [4.69, 9.17) is 4.74 Å². The van der Waals surface area contributed by atoms with Crippen LogP contribution in [0.1, 0.15) is 59.8 Å². The molecule has 4 nitrogen and oxygen atoms in total. The summed E-state index contributed by atoms with van der Waals surface area (Å²) in [4.78, 5) is 14.8. The Morgan fingerprint density at radius 3 is 2.60 bits per heavy atom. The van der Waals surface area contributed by atoms with Crippen molar-refractivity contribution < 1.29 is 9.53 Å². The number of nitrogens with zero attached hydrogens (tertiary/aromatic N) is 1. The van der Waals surface area contributed by atoms with Gasteiger partial charge in [0.25, 0.3) is 0 Å². The van der Waals surface area contributed by atoms with E-state index in [1.807, 2.05) is 13.8 Å². The maximum absolute atomic E-state index is 12.8. The lowest BCUT2D eigenvalue weighted by Crippen LogP contribution is -2.46. The van der Waals surface area contributed by atoms with Crippen LogP contribution in [0, 0.1) is 5.92 Å². The normalized spacial score (nSPS) is 33.1. The molecule has 3 atom stereocenters. The zero-order valence-corrected chi connectivity index (χ0v) is 13.4. The molecule has 1 saturated carbocycles. The van der Waals surface area contributed by atoms with Gasteiger partial charge in [0.2, 0.25) is 5.91 Å². The van der Waals surface area contributed by atoms with Gasteiger partial charge in [-0.15, -0.1) is 0 Å². The molecule has 3 unspecified atom stereocenters. The van der Waals surface area contributed by atoms with Crippen LogP contribution >= 0.6 is 0 Å². The minimum absolute atomic E-state index is 0.105. The average molecular weight is 282 g/mol. The predicted octanol–water partition coefficient (Wildman–Crippen LogP) is 2.53. The average Bonchev–Trinajstić information content (AvgIpc) is 3.02. The molecule has 1 N–H and O–H groups in total. The second kappa shape index (κ2) is 6.44. The van der Waals surface area contributed by atoms with E-state index in [0.29, 0.717) is 19.1 Å². The Hall–Kier alpha value is -0.610. The molecule has 1 heterocycles. The highest BCUT2D eigenvalue weighted by atomic mass is 16.5. The summed E-state index contributed by atoms with van der Waals surface area (Å²) >= 11 is 0. The number of ether oxygens (including phenoxy) is 1. The highest BCUT2D eigenvalue weighted by Gasteiger charge is 2.49. The topological polar surface area (TPSA) is 41.6 Å². The molecule has 0 radical (unpaired) electrons. The number of hydrogen-bond donors (Lipinski definition) is 1. The summed E-state index contributed by atoms with van der Waals surface area (Å²) in [6.07, 6.45) is 6.23. The van der Waals surface area contributed by atoms with Gasteiger partial charge in [-0.2, -0.15) is 0 Å². The van der Waals surface area contributed by atoms with Crippen LogP contribution in [0.15, 0.2) is 0 Å². The first-order chi connectivity index (χ1) is 9.51. The summed E-state index contributed by atoms with van der Waals surface area (Å²) < 4.78 is 5.64. The van der Waals surface area contributed by atoms with Gasteiger partial charge in [-0.3, -0.25) is 10.1 Å². The lowest BCUT2D eigenvalue weighted by atomic mass is 9.99. The van der Waals surface area contributed by atoms with Crippen molar-refractivity contribution in [2.24, 2.45) is 5.92 Å². The van der Waals surface area contributed by atoms with Crippen LogP contribution in [0.2, 0.25) is 0 Å². The molecule has 20 heavy (non-hydrogen) atoms. The van der Waals surface area contributed by atoms with Crippen molar-refractivity contribution in [1.82, 2.24) is 10.2 Å². The Morgan fingerprint density at radius 1 is 1.40 bits per heavy atom. The summed E-state index contributed by atoms with van der Waals surface area (Å²) in [5.74, 6) is 0.865. The third-order valence-corrected chi connectivity index (χ3v) is 4.99. The minimum Gasteiger partial charge on any atom is -0.377 e. The smallest absolute Gasteiger partial charge is 0.243 e. The lowest BCUT2D eigenvalue weighted by Gasteiger charge is -2.30. The largest absolute Gasteiger partial charge is 0.377 e. The maximum Gasteiger partial charge on any atom is 0.243 e. The molecule has 1 saturated heterocycles. The first-order valence-electron chi connectivity index (χ1n) is 8.22. The van der Waals surface area contributed by atoms with Gasteiger partial charge in [0.15, 0.2) is 0 Å². The van der Waals surface area contributed by atoms with E-state index in [9.17, 15) is 4.79 Å². The molecule has 0 aromatic carbocycles. The number of rotatable bonds is 6. The number of carbonyl (C=O) groups excluding carboxylic acids is 1. The summed E-state index contributed by atoms with van der Waals surface area (Å²) in [6, 6.07) is 0. The molecule has 0 bridgehead atoms. The standard InChI is InChI=1S/C16H30N2O2/c1-5-16(4)15(19)18(11-12(3)20-6-2)14(17-16)13-9-7-8-10-13/h12-14,17H,5-11H2,1-4H3. The fourth-order valence-electron chi connectivity index (χ4n) is 3.62. The SMILES string of the molecule is CCOC(C)CN1C(=O)C(C)(CC)NC1C1CCCC1. The Balaban J connectivity index is 2.12. The van der Waals surface area contributed by atoms with Gasteiger partial charge in [0.1, 0.15) is 0 Å². The number of carbonyl (C=O) groups is 1. The van der Waals surface area contributed by atoms with E-state index in [2.05, 4.69) is 24.1 Å². The van der Waals surface area contributed by atoms with Gasteiger partial charge in [-0.25, -0.2) is 0 Å². The predicted molar refractivity (Wildman–Crippen MR) is 80.4 cm³/mol. The van der Waals surface area contributed by atoms with Crippen LogP contribution in [0.4, 0.5) is 0 Å². The quantitative estimate of drug-likeness (QED) is 0.814. The highest BCUT2D eigenvalue weighted by Crippen LogP contribution is 2.35. The highest BCUT2D eigenvalue weighted by molar-refractivity contribution is 5.88. The van der Waals surface area contributed by atoms with Gasteiger partial charge in [-0.1, -0.05) is 19.8 Å². The fraction of sp³-hybridized carbons (Fsp3) is 0.938. The fourth-order valence-corrected chi connectivity index (χ4v) is 3.62. The van der Waals surface area contributed by atoms with E-state index in [1.165, 1.54) is 25.7 Å². The summed E-state index contributed by atoms with van der Waals surface area (Å²) in [7, 11) is 0. The third kappa shape index (κ3) is 3.01. The molecule has 2 fully saturated rings. The van der Waals surface area contributed by atoms with Crippen molar-refractivity contribution in [3.63, 3.8) is 0 Å². The van der Waals surface area contributed by atoms with Crippen molar-refractivity contribution >= 4 is 5.91 Å².